The Balaban J connectivity index is 0.00000338. The van der Waals surface area contributed by atoms with Crippen molar-refractivity contribution in [2.24, 2.45) is 11.3 Å². The molecule has 1 fully saturated rings. The fourth-order valence-electron chi connectivity index (χ4n) is 3.16. The lowest BCUT2D eigenvalue weighted by molar-refractivity contribution is -0.133. The topological polar surface area (TPSA) is 61.4 Å². The van der Waals surface area contributed by atoms with Crippen LogP contribution < -0.4 is 10.6 Å². The summed E-state index contributed by atoms with van der Waals surface area (Å²) in [5.41, 5.74) is 1.87. The Kier molecular flexibility index (Phi) is 8.57. The average Bonchev–Trinajstić information content (AvgIpc) is 2.60. The van der Waals surface area contributed by atoms with E-state index in [4.69, 9.17) is 0 Å². The summed E-state index contributed by atoms with van der Waals surface area (Å²) in [6, 6.07) is 7.52. The van der Waals surface area contributed by atoms with E-state index in [1.54, 1.807) is 4.90 Å². The molecule has 146 valence electrons. The quantitative estimate of drug-likeness (QED) is 0.796. The highest BCUT2D eigenvalue weighted by molar-refractivity contribution is 5.94. The number of benzene rings is 1. The minimum atomic E-state index is -0.0297. The van der Waals surface area contributed by atoms with Gasteiger partial charge in [-0.15, -0.1) is 12.4 Å². The summed E-state index contributed by atoms with van der Waals surface area (Å²) in [7, 11) is 1.81. The van der Waals surface area contributed by atoms with Gasteiger partial charge in [-0.3, -0.25) is 9.59 Å². The highest BCUT2D eigenvalue weighted by Crippen LogP contribution is 2.26. The summed E-state index contributed by atoms with van der Waals surface area (Å²) in [5, 5.41) is 6.43. The molecule has 1 aromatic rings. The molecule has 0 aliphatic carbocycles. The largest absolute Gasteiger partial charge is 0.351 e. The molecule has 2 N–H and O–H groups in total. The summed E-state index contributed by atoms with van der Waals surface area (Å²) in [4.78, 5) is 26.0. The van der Waals surface area contributed by atoms with E-state index in [0.29, 0.717) is 18.7 Å². The number of piperidine rings is 1. The zero-order valence-electron chi connectivity index (χ0n) is 16.3. The molecular formula is C20H32ClN3O2. The Hall–Kier alpha value is -1.59. The van der Waals surface area contributed by atoms with Gasteiger partial charge >= 0.3 is 0 Å². The number of nitrogens with one attached hydrogen (secondary N) is 2. The zero-order valence-corrected chi connectivity index (χ0v) is 17.1. The van der Waals surface area contributed by atoms with Crippen LogP contribution in [0.1, 0.15) is 49.5 Å². The standard InChI is InChI=1S/C20H31N3O2.ClH/c1-15(2)19(25)23(4)13-16-5-7-17(8-6-16)18(24)22-14-20(3)9-11-21-12-10-20;/h5-8,15,21H,9-14H2,1-4H3,(H,22,24);1H. The summed E-state index contributed by atoms with van der Waals surface area (Å²) in [5.74, 6) is 0.0846. The highest BCUT2D eigenvalue weighted by Gasteiger charge is 2.27. The first-order chi connectivity index (χ1) is 11.8. The molecule has 1 aliphatic rings. The molecule has 26 heavy (non-hydrogen) atoms. The van der Waals surface area contributed by atoms with Gasteiger partial charge in [0.05, 0.1) is 0 Å². The highest BCUT2D eigenvalue weighted by atomic mass is 35.5. The van der Waals surface area contributed by atoms with E-state index in [2.05, 4.69) is 17.6 Å². The van der Waals surface area contributed by atoms with Crippen LogP contribution in [0.5, 0.6) is 0 Å². The predicted octanol–water partition coefficient (Wildman–Crippen LogP) is 2.84. The van der Waals surface area contributed by atoms with Gasteiger partial charge in [0.2, 0.25) is 5.91 Å². The van der Waals surface area contributed by atoms with Crippen molar-refractivity contribution in [1.82, 2.24) is 15.5 Å². The second-order valence-electron chi connectivity index (χ2n) is 7.79. The summed E-state index contributed by atoms with van der Waals surface area (Å²) in [6.45, 7) is 9.33. The number of rotatable bonds is 6. The molecule has 0 atom stereocenters. The number of carbonyl (C=O) groups excluding carboxylic acids is 2. The molecule has 2 rings (SSSR count). The maximum atomic E-state index is 12.4. The van der Waals surface area contributed by atoms with Crippen molar-refractivity contribution >= 4 is 24.2 Å². The Morgan fingerprint density at radius 2 is 1.77 bits per heavy atom. The van der Waals surface area contributed by atoms with Crippen LogP contribution in [0.2, 0.25) is 0 Å². The Bertz CT molecular complexity index is 596. The molecule has 0 saturated carbocycles. The van der Waals surface area contributed by atoms with Gasteiger partial charge in [-0.05, 0) is 49.0 Å². The van der Waals surface area contributed by atoms with Crippen LogP contribution in [0.15, 0.2) is 24.3 Å². The van der Waals surface area contributed by atoms with Gasteiger partial charge < -0.3 is 15.5 Å². The third-order valence-corrected chi connectivity index (χ3v) is 4.99. The van der Waals surface area contributed by atoms with Crippen LogP contribution in [0.4, 0.5) is 0 Å². The molecule has 0 radical (unpaired) electrons. The molecule has 2 amide bonds. The molecule has 0 bridgehead atoms. The van der Waals surface area contributed by atoms with Crippen molar-refractivity contribution in [3.63, 3.8) is 0 Å². The van der Waals surface area contributed by atoms with Gasteiger partial charge in [-0.1, -0.05) is 32.9 Å². The predicted molar refractivity (Wildman–Crippen MR) is 108 cm³/mol. The molecule has 0 aromatic heterocycles. The molecule has 1 aromatic carbocycles. The second-order valence-corrected chi connectivity index (χ2v) is 7.79. The maximum Gasteiger partial charge on any atom is 0.251 e. The first-order valence-electron chi connectivity index (χ1n) is 9.13. The van der Waals surface area contributed by atoms with E-state index in [1.807, 2.05) is 45.2 Å². The molecule has 6 heteroatoms. The minimum absolute atomic E-state index is 0. The zero-order chi connectivity index (χ0) is 18.4. The van der Waals surface area contributed by atoms with Crippen LogP contribution in [-0.4, -0.2) is 43.4 Å². The lowest BCUT2D eigenvalue weighted by Gasteiger charge is -2.34. The lowest BCUT2D eigenvalue weighted by atomic mass is 9.81. The van der Waals surface area contributed by atoms with E-state index >= 15 is 0 Å². The lowest BCUT2D eigenvalue weighted by Crippen LogP contribution is -2.42. The maximum absolute atomic E-state index is 12.4. The SMILES string of the molecule is CC(C)C(=O)N(C)Cc1ccc(C(=O)NCC2(C)CCNCC2)cc1.Cl. The van der Waals surface area contributed by atoms with Crippen LogP contribution in [0.25, 0.3) is 0 Å². The van der Waals surface area contributed by atoms with Crippen molar-refractivity contribution in [2.75, 3.05) is 26.7 Å². The van der Waals surface area contributed by atoms with E-state index < -0.39 is 0 Å². The number of hydrogen-bond donors (Lipinski definition) is 2. The van der Waals surface area contributed by atoms with Gasteiger partial charge in [0, 0.05) is 31.6 Å². The molecule has 0 spiro atoms. The number of halogens is 1. The van der Waals surface area contributed by atoms with E-state index in [0.717, 1.165) is 31.5 Å². The van der Waals surface area contributed by atoms with Gasteiger partial charge in [-0.2, -0.15) is 0 Å². The fraction of sp³-hybridized carbons (Fsp3) is 0.600. The van der Waals surface area contributed by atoms with E-state index in [-0.39, 0.29) is 35.6 Å². The van der Waals surface area contributed by atoms with Crippen LogP contribution >= 0.6 is 12.4 Å². The van der Waals surface area contributed by atoms with E-state index in [9.17, 15) is 9.59 Å². The third kappa shape index (κ3) is 6.29. The summed E-state index contributed by atoms with van der Waals surface area (Å²) >= 11 is 0. The monoisotopic (exact) mass is 381 g/mol. The fourth-order valence-corrected chi connectivity index (χ4v) is 3.16. The first-order valence-corrected chi connectivity index (χ1v) is 9.13. The average molecular weight is 382 g/mol. The number of nitrogens with zero attached hydrogens (tertiary/aromatic N) is 1. The second kappa shape index (κ2) is 9.93. The van der Waals surface area contributed by atoms with Crippen molar-refractivity contribution in [1.29, 1.82) is 0 Å². The number of carbonyl (C=O) groups is 2. The Morgan fingerprint density at radius 1 is 1.19 bits per heavy atom. The molecule has 5 nitrogen and oxygen atoms in total. The molecular weight excluding hydrogens is 350 g/mol. The molecule has 1 saturated heterocycles. The number of amides is 2. The van der Waals surface area contributed by atoms with Gasteiger partial charge in [-0.25, -0.2) is 0 Å². The summed E-state index contributed by atoms with van der Waals surface area (Å²) in [6.07, 6.45) is 2.17. The summed E-state index contributed by atoms with van der Waals surface area (Å²) < 4.78 is 0. The van der Waals surface area contributed by atoms with Crippen molar-refractivity contribution < 1.29 is 9.59 Å². The van der Waals surface area contributed by atoms with Crippen LogP contribution in [-0.2, 0) is 11.3 Å². The van der Waals surface area contributed by atoms with Crippen LogP contribution in [0.3, 0.4) is 0 Å². The molecule has 1 heterocycles. The number of hydrogen-bond acceptors (Lipinski definition) is 3. The normalized spacial score (nSPS) is 15.9. The van der Waals surface area contributed by atoms with E-state index in [1.165, 1.54) is 0 Å². The smallest absolute Gasteiger partial charge is 0.251 e. The minimum Gasteiger partial charge on any atom is -0.351 e. The molecule has 1 aliphatic heterocycles. The van der Waals surface area contributed by atoms with Gasteiger partial charge in [0.15, 0.2) is 0 Å². The van der Waals surface area contributed by atoms with Crippen LogP contribution in [0, 0.1) is 11.3 Å². The Morgan fingerprint density at radius 3 is 2.31 bits per heavy atom. The molecule has 0 unspecified atom stereocenters. The first kappa shape index (κ1) is 22.5. The van der Waals surface area contributed by atoms with Gasteiger partial charge in [0.1, 0.15) is 0 Å². The van der Waals surface area contributed by atoms with Crippen molar-refractivity contribution in [3.05, 3.63) is 35.4 Å². The van der Waals surface area contributed by atoms with Gasteiger partial charge in [0.25, 0.3) is 5.91 Å². The van der Waals surface area contributed by atoms with Crippen molar-refractivity contribution in [3.8, 4) is 0 Å². The third-order valence-electron chi connectivity index (χ3n) is 4.99. The Labute approximate surface area is 163 Å². The van der Waals surface area contributed by atoms with Crippen molar-refractivity contribution in [2.45, 2.75) is 40.2 Å².